The van der Waals surface area contributed by atoms with Crippen LogP contribution in [-0.2, 0) is 4.74 Å². The van der Waals surface area contributed by atoms with Crippen LogP contribution in [0.4, 0.5) is 0 Å². The fraction of sp³-hybridized carbons (Fsp3) is 0.273. The van der Waals surface area contributed by atoms with Crippen molar-refractivity contribution in [3.63, 3.8) is 0 Å². The van der Waals surface area contributed by atoms with Gasteiger partial charge in [0.05, 0.1) is 12.3 Å². The van der Waals surface area contributed by atoms with Crippen LogP contribution in [0, 0.1) is 13.8 Å². The lowest BCUT2D eigenvalue weighted by atomic mass is 10.2. The molecule has 6 heteroatoms. The zero-order valence-electron chi connectivity index (χ0n) is 16.3. The van der Waals surface area contributed by atoms with Crippen molar-refractivity contribution in [3.05, 3.63) is 65.7 Å². The summed E-state index contributed by atoms with van der Waals surface area (Å²) in [6.45, 7) is 6.17. The molecule has 0 aliphatic rings. The molecule has 0 bridgehead atoms. The molecule has 1 unspecified atom stereocenters. The fourth-order valence-corrected chi connectivity index (χ4v) is 2.81. The molecule has 1 heterocycles. The van der Waals surface area contributed by atoms with Gasteiger partial charge in [-0.2, -0.15) is 0 Å². The predicted molar refractivity (Wildman–Crippen MR) is 107 cm³/mol. The standard InChI is InChI=1S/C22H25NO5/c1-15-16(2)22(25)23(21(15)24)18-9-11-20(12-10-18)28-17(3)26-13-14-27-19-7-5-4-6-8-19/h4-12,17,24-25H,13-14H2,1-3H3. The van der Waals surface area contributed by atoms with Crippen LogP contribution in [0.5, 0.6) is 23.3 Å². The number of hydrogen-bond donors (Lipinski definition) is 2. The summed E-state index contributed by atoms with van der Waals surface area (Å²) in [5, 5.41) is 20.4. The van der Waals surface area contributed by atoms with Crippen molar-refractivity contribution in [1.82, 2.24) is 4.57 Å². The van der Waals surface area contributed by atoms with Crippen LogP contribution in [-0.4, -0.2) is 34.3 Å². The summed E-state index contributed by atoms with van der Waals surface area (Å²) < 4.78 is 18.3. The number of rotatable bonds is 8. The van der Waals surface area contributed by atoms with Gasteiger partial charge in [-0.25, -0.2) is 0 Å². The molecule has 0 fully saturated rings. The van der Waals surface area contributed by atoms with Crippen molar-refractivity contribution in [3.8, 4) is 28.9 Å². The molecule has 3 aromatic rings. The van der Waals surface area contributed by atoms with Gasteiger partial charge in [0.2, 0.25) is 11.8 Å². The Morgan fingerprint density at radius 3 is 2.04 bits per heavy atom. The maximum Gasteiger partial charge on any atom is 0.201 e. The number of ether oxygens (including phenoxy) is 3. The summed E-state index contributed by atoms with van der Waals surface area (Å²) in [5.41, 5.74) is 1.94. The van der Waals surface area contributed by atoms with Crippen LogP contribution < -0.4 is 9.47 Å². The highest BCUT2D eigenvalue weighted by atomic mass is 16.7. The summed E-state index contributed by atoms with van der Waals surface area (Å²) in [6.07, 6.45) is -0.442. The van der Waals surface area contributed by atoms with Crippen LogP contribution in [0.2, 0.25) is 0 Å². The van der Waals surface area contributed by atoms with E-state index in [4.69, 9.17) is 14.2 Å². The number of aromatic hydroxyl groups is 2. The van der Waals surface area contributed by atoms with E-state index in [1.165, 1.54) is 4.57 Å². The minimum atomic E-state index is -0.442. The van der Waals surface area contributed by atoms with Crippen molar-refractivity contribution >= 4 is 0 Å². The van der Waals surface area contributed by atoms with Crippen molar-refractivity contribution in [1.29, 1.82) is 0 Å². The van der Waals surface area contributed by atoms with E-state index in [0.717, 1.165) is 5.75 Å². The van der Waals surface area contributed by atoms with Gasteiger partial charge in [-0.1, -0.05) is 18.2 Å². The number of benzene rings is 2. The molecule has 0 spiro atoms. The first-order chi connectivity index (χ1) is 13.5. The van der Waals surface area contributed by atoms with E-state index in [9.17, 15) is 10.2 Å². The Balaban J connectivity index is 1.52. The molecule has 0 aliphatic heterocycles. The Labute approximate surface area is 164 Å². The molecule has 2 N–H and O–H groups in total. The minimum absolute atomic E-state index is 0.0267. The highest BCUT2D eigenvalue weighted by Gasteiger charge is 2.17. The number of aromatic nitrogens is 1. The van der Waals surface area contributed by atoms with Gasteiger partial charge >= 0.3 is 0 Å². The van der Waals surface area contributed by atoms with E-state index in [1.807, 2.05) is 37.3 Å². The zero-order chi connectivity index (χ0) is 20.1. The fourth-order valence-electron chi connectivity index (χ4n) is 2.81. The van der Waals surface area contributed by atoms with Crippen molar-refractivity contribution in [2.75, 3.05) is 13.2 Å². The van der Waals surface area contributed by atoms with Gasteiger partial charge in [-0.15, -0.1) is 0 Å². The molecule has 0 amide bonds. The summed E-state index contributed by atoms with van der Waals surface area (Å²) in [6, 6.07) is 16.6. The largest absolute Gasteiger partial charge is 0.494 e. The van der Waals surface area contributed by atoms with E-state index < -0.39 is 6.29 Å². The van der Waals surface area contributed by atoms with Gasteiger partial charge in [-0.05, 0) is 57.2 Å². The first kappa shape index (κ1) is 19.6. The van der Waals surface area contributed by atoms with Crippen LogP contribution >= 0.6 is 0 Å². The maximum absolute atomic E-state index is 10.2. The second-order valence-corrected chi connectivity index (χ2v) is 6.44. The summed E-state index contributed by atoms with van der Waals surface area (Å²) in [4.78, 5) is 0. The Kier molecular flexibility index (Phi) is 6.11. The van der Waals surface area contributed by atoms with Gasteiger partial charge in [-0.3, -0.25) is 4.57 Å². The minimum Gasteiger partial charge on any atom is -0.494 e. The molecule has 28 heavy (non-hydrogen) atoms. The monoisotopic (exact) mass is 383 g/mol. The highest BCUT2D eigenvalue weighted by molar-refractivity contribution is 5.52. The van der Waals surface area contributed by atoms with Crippen LogP contribution in [0.25, 0.3) is 5.69 Å². The first-order valence-electron chi connectivity index (χ1n) is 9.13. The molecule has 2 aromatic carbocycles. The topological polar surface area (TPSA) is 73.1 Å². The van der Waals surface area contributed by atoms with E-state index in [2.05, 4.69) is 0 Å². The molecule has 0 aliphatic carbocycles. The number of para-hydroxylation sites is 1. The van der Waals surface area contributed by atoms with Crippen molar-refractivity contribution in [2.45, 2.75) is 27.1 Å². The Morgan fingerprint density at radius 2 is 1.43 bits per heavy atom. The average molecular weight is 383 g/mol. The van der Waals surface area contributed by atoms with Crippen molar-refractivity contribution < 1.29 is 24.4 Å². The van der Waals surface area contributed by atoms with E-state index in [1.54, 1.807) is 38.1 Å². The van der Waals surface area contributed by atoms with Crippen molar-refractivity contribution in [2.24, 2.45) is 0 Å². The predicted octanol–water partition coefficient (Wildman–Crippen LogP) is 4.33. The lowest BCUT2D eigenvalue weighted by Crippen LogP contribution is -2.19. The second-order valence-electron chi connectivity index (χ2n) is 6.44. The zero-order valence-corrected chi connectivity index (χ0v) is 16.3. The third-order valence-corrected chi connectivity index (χ3v) is 4.50. The molecule has 0 saturated carbocycles. The van der Waals surface area contributed by atoms with Gasteiger partial charge in [0.15, 0.2) is 6.29 Å². The molecular weight excluding hydrogens is 358 g/mol. The lowest BCUT2D eigenvalue weighted by molar-refractivity contribution is -0.0739. The maximum atomic E-state index is 10.2. The molecule has 3 rings (SSSR count). The van der Waals surface area contributed by atoms with Crippen LogP contribution in [0.15, 0.2) is 54.6 Å². The SMILES string of the molecule is Cc1c(C)c(O)n(-c2ccc(OC(C)OCCOc3ccccc3)cc2)c1O. The van der Waals surface area contributed by atoms with E-state index in [-0.39, 0.29) is 11.8 Å². The summed E-state index contributed by atoms with van der Waals surface area (Å²) in [7, 11) is 0. The molecule has 6 nitrogen and oxygen atoms in total. The molecule has 1 aromatic heterocycles. The number of nitrogens with zero attached hydrogens (tertiary/aromatic N) is 1. The second kappa shape index (κ2) is 8.71. The normalized spacial score (nSPS) is 12.0. The molecule has 148 valence electrons. The molecule has 0 saturated heterocycles. The number of hydrogen-bond acceptors (Lipinski definition) is 5. The van der Waals surface area contributed by atoms with Gasteiger partial charge < -0.3 is 24.4 Å². The highest BCUT2D eigenvalue weighted by Crippen LogP contribution is 2.35. The van der Waals surface area contributed by atoms with E-state index >= 15 is 0 Å². The van der Waals surface area contributed by atoms with Crippen LogP contribution in [0.3, 0.4) is 0 Å². The molecular formula is C22H25NO5. The van der Waals surface area contributed by atoms with Crippen LogP contribution in [0.1, 0.15) is 18.1 Å². The average Bonchev–Trinajstić information content (AvgIpc) is 2.90. The Bertz CT molecular complexity index is 877. The molecule has 0 radical (unpaired) electrons. The lowest BCUT2D eigenvalue weighted by Gasteiger charge is -2.16. The van der Waals surface area contributed by atoms with Gasteiger partial charge in [0.25, 0.3) is 0 Å². The van der Waals surface area contributed by atoms with E-state index in [0.29, 0.717) is 35.8 Å². The summed E-state index contributed by atoms with van der Waals surface area (Å²) in [5.74, 6) is 1.48. The Hall–Kier alpha value is -3.12. The quantitative estimate of drug-likeness (QED) is 0.448. The smallest absolute Gasteiger partial charge is 0.201 e. The third-order valence-electron chi connectivity index (χ3n) is 4.50. The first-order valence-corrected chi connectivity index (χ1v) is 9.13. The summed E-state index contributed by atoms with van der Waals surface area (Å²) >= 11 is 0. The van der Waals surface area contributed by atoms with Gasteiger partial charge in [0, 0.05) is 11.1 Å². The third kappa shape index (κ3) is 4.40. The Morgan fingerprint density at radius 1 is 0.821 bits per heavy atom. The van der Waals surface area contributed by atoms with Gasteiger partial charge in [0.1, 0.15) is 18.1 Å². The molecule has 1 atom stereocenters.